The number of hydrogen-bond donors (Lipinski definition) is 1. The Hall–Kier alpha value is -3.99. The molecule has 0 aliphatic carbocycles. The first kappa shape index (κ1) is 19.9. The van der Waals surface area contributed by atoms with E-state index in [4.69, 9.17) is 4.74 Å². The van der Waals surface area contributed by atoms with Gasteiger partial charge < -0.3 is 10.1 Å². The number of nitrogens with one attached hydrogen (secondary N) is 1. The number of rotatable bonds is 5. The van der Waals surface area contributed by atoms with Gasteiger partial charge in [0.1, 0.15) is 18.2 Å². The van der Waals surface area contributed by atoms with Crippen molar-refractivity contribution in [1.82, 2.24) is 15.3 Å². The zero-order valence-corrected chi connectivity index (χ0v) is 17.8. The normalized spacial score (nSPS) is 14.5. The smallest absolute Gasteiger partial charge is 0.251 e. The van der Waals surface area contributed by atoms with E-state index in [1.807, 2.05) is 42.5 Å². The first-order valence-electron chi connectivity index (χ1n) is 10.7. The number of amides is 1. The summed E-state index contributed by atoms with van der Waals surface area (Å²) in [7, 11) is 0. The molecule has 0 saturated heterocycles. The number of carbonyl (C=O) groups excluding carboxylic acids is 1. The highest BCUT2D eigenvalue weighted by Gasteiger charge is 2.26. The summed E-state index contributed by atoms with van der Waals surface area (Å²) in [4.78, 5) is 21.0. The van der Waals surface area contributed by atoms with Crippen LogP contribution in [-0.2, 0) is 6.42 Å². The van der Waals surface area contributed by atoms with Crippen LogP contribution in [0.5, 0.6) is 5.75 Å². The molecular weight excluding hydrogens is 398 g/mol. The maximum absolute atomic E-state index is 12.8. The Bertz CT molecular complexity index is 1270. The van der Waals surface area contributed by atoms with Crippen LogP contribution in [-0.4, -0.2) is 28.5 Å². The van der Waals surface area contributed by atoms with Crippen molar-refractivity contribution in [3.63, 3.8) is 0 Å². The predicted octanol–water partition coefficient (Wildman–Crippen LogP) is 4.85. The van der Waals surface area contributed by atoms with E-state index in [0.29, 0.717) is 12.1 Å². The number of para-hydroxylation sites is 1. The van der Waals surface area contributed by atoms with Crippen molar-refractivity contribution in [1.29, 1.82) is 0 Å². The molecule has 1 aliphatic rings. The van der Waals surface area contributed by atoms with Gasteiger partial charge in [0.25, 0.3) is 5.91 Å². The Kier molecular flexibility index (Phi) is 5.38. The van der Waals surface area contributed by atoms with Crippen LogP contribution in [0.2, 0.25) is 0 Å². The molecule has 5 nitrogen and oxygen atoms in total. The Labute approximate surface area is 187 Å². The highest BCUT2D eigenvalue weighted by Crippen LogP contribution is 2.38. The quantitative estimate of drug-likeness (QED) is 0.500. The molecule has 32 heavy (non-hydrogen) atoms. The second kappa shape index (κ2) is 8.63. The highest BCUT2D eigenvalue weighted by atomic mass is 16.5. The molecular formula is C27H23N3O2. The van der Waals surface area contributed by atoms with Gasteiger partial charge in [-0.1, -0.05) is 60.2 Å². The average Bonchev–Trinajstić information content (AvgIpc) is 3.26. The summed E-state index contributed by atoms with van der Waals surface area (Å²) < 4.78 is 6.21. The van der Waals surface area contributed by atoms with Crippen LogP contribution in [0.1, 0.15) is 21.5 Å². The summed E-state index contributed by atoms with van der Waals surface area (Å²) in [6.45, 7) is 2.50. The maximum Gasteiger partial charge on any atom is 0.251 e. The standard InChI is InChI=1S/C27H23N3O2/c1-18-5-2-6-19(11-18)20-7-3-9-22(12-20)27(31)30-16-24-13-21-8-4-10-25(26(21)32-24)23-14-28-17-29-15-23/h2-12,14-15,17,24H,13,16H2,1H3,(H,30,31)/t24-/m1/s1. The van der Waals surface area contributed by atoms with Crippen molar-refractivity contribution < 1.29 is 9.53 Å². The fourth-order valence-corrected chi connectivity index (χ4v) is 4.09. The van der Waals surface area contributed by atoms with Crippen molar-refractivity contribution in [2.45, 2.75) is 19.4 Å². The van der Waals surface area contributed by atoms with E-state index in [1.165, 1.54) is 11.9 Å². The van der Waals surface area contributed by atoms with Crippen molar-refractivity contribution in [2.24, 2.45) is 0 Å². The van der Waals surface area contributed by atoms with Gasteiger partial charge in [-0.25, -0.2) is 9.97 Å². The zero-order valence-electron chi connectivity index (χ0n) is 17.8. The number of aryl methyl sites for hydroxylation is 1. The van der Waals surface area contributed by atoms with Gasteiger partial charge in [0.05, 0.1) is 6.54 Å². The fourth-order valence-electron chi connectivity index (χ4n) is 4.09. The molecule has 158 valence electrons. The minimum absolute atomic E-state index is 0.101. The lowest BCUT2D eigenvalue weighted by molar-refractivity contribution is 0.0933. The number of hydrogen-bond acceptors (Lipinski definition) is 4. The lowest BCUT2D eigenvalue weighted by Crippen LogP contribution is -2.34. The molecule has 0 fully saturated rings. The average molecular weight is 422 g/mol. The second-order valence-electron chi connectivity index (χ2n) is 8.03. The molecule has 4 aromatic rings. The van der Waals surface area contributed by atoms with E-state index in [-0.39, 0.29) is 12.0 Å². The summed E-state index contributed by atoms with van der Waals surface area (Å²) in [6, 6.07) is 22.1. The lowest BCUT2D eigenvalue weighted by Gasteiger charge is -2.14. The summed E-state index contributed by atoms with van der Waals surface area (Å²) in [6.07, 6.45) is 5.71. The Morgan fingerprint density at radius 2 is 1.72 bits per heavy atom. The lowest BCUT2D eigenvalue weighted by atomic mass is 10.0. The summed E-state index contributed by atoms with van der Waals surface area (Å²) in [5.74, 6) is 0.749. The molecule has 0 bridgehead atoms. The minimum atomic E-state index is -0.111. The fraction of sp³-hybridized carbons (Fsp3) is 0.148. The molecule has 1 amide bonds. The first-order valence-corrected chi connectivity index (χ1v) is 10.7. The third kappa shape index (κ3) is 4.10. The van der Waals surface area contributed by atoms with E-state index in [0.717, 1.165) is 40.0 Å². The Balaban J connectivity index is 1.27. The first-order chi connectivity index (χ1) is 15.7. The van der Waals surface area contributed by atoms with Crippen LogP contribution >= 0.6 is 0 Å². The van der Waals surface area contributed by atoms with Crippen LogP contribution in [0.3, 0.4) is 0 Å². The topological polar surface area (TPSA) is 64.1 Å². The van der Waals surface area contributed by atoms with Crippen LogP contribution in [0, 0.1) is 6.92 Å². The third-order valence-electron chi connectivity index (χ3n) is 5.67. The molecule has 1 N–H and O–H groups in total. The molecule has 0 unspecified atom stereocenters. The summed E-state index contributed by atoms with van der Waals surface area (Å²) in [5.41, 5.74) is 6.99. The van der Waals surface area contributed by atoms with Crippen molar-refractivity contribution in [2.75, 3.05) is 6.54 Å². The van der Waals surface area contributed by atoms with E-state index in [2.05, 4.69) is 46.5 Å². The van der Waals surface area contributed by atoms with Gasteiger partial charge in [-0.15, -0.1) is 0 Å². The summed E-state index contributed by atoms with van der Waals surface area (Å²) >= 11 is 0. The number of benzene rings is 3. The molecule has 5 rings (SSSR count). The van der Waals surface area contributed by atoms with Crippen LogP contribution < -0.4 is 10.1 Å². The monoisotopic (exact) mass is 421 g/mol. The van der Waals surface area contributed by atoms with Crippen molar-refractivity contribution in [3.05, 3.63) is 102 Å². The zero-order chi connectivity index (χ0) is 21.9. The number of carbonyl (C=O) groups is 1. The molecule has 0 spiro atoms. The maximum atomic E-state index is 12.8. The van der Waals surface area contributed by atoms with E-state index in [9.17, 15) is 4.79 Å². The molecule has 2 heterocycles. The highest BCUT2D eigenvalue weighted by molar-refractivity contribution is 5.95. The Morgan fingerprint density at radius 1 is 0.969 bits per heavy atom. The molecule has 1 atom stereocenters. The SMILES string of the molecule is Cc1cccc(-c2cccc(C(=O)NC[C@H]3Cc4cccc(-c5cncnc5)c4O3)c2)c1. The largest absolute Gasteiger partial charge is 0.487 e. The number of aromatic nitrogens is 2. The number of fused-ring (bicyclic) bond motifs is 1. The van der Waals surface area contributed by atoms with Gasteiger partial charge in [-0.2, -0.15) is 0 Å². The molecule has 0 radical (unpaired) electrons. The minimum Gasteiger partial charge on any atom is -0.487 e. The molecule has 1 aliphatic heterocycles. The van der Waals surface area contributed by atoms with Gasteiger partial charge in [-0.3, -0.25) is 4.79 Å². The van der Waals surface area contributed by atoms with Gasteiger partial charge in [0.2, 0.25) is 0 Å². The van der Waals surface area contributed by atoms with Gasteiger partial charge in [0, 0.05) is 35.5 Å². The van der Waals surface area contributed by atoms with Gasteiger partial charge >= 0.3 is 0 Å². The van der Waals surface area contributed by atoms with Crippen LogP contribution in [0.15, 0.2) is 85.5 Å². The van der Waals surface area contributed by atoms with Gasteiger partial charge in [0.15, 0.2) is 0 Å². The van der Waals surface area contributed by atoms with E-state index in [1.54, 1.807) is 12.4 Å². The number of nitrogens with zero attached hydrogens (tertiary/aromatic N) is 2. The third-order valence-corrected chi connectivity index (χ3v) is 5.67. The van der Waals surface area contributed by atoms with Crippen LogP contribution in [0.25, 0.3) is 22.3 Å². The van der Waals surface area contributed by atoms with Gasteiger partial charge in [-0.05, 0) is 35.7 Å². The molecule has 1 aromatic heterocycles. The molecule has 0 saturated carbocycles. The molecule has 3 aromatic carbocycles. The van der Waals surface area contributed by atoms with Crippen LogP contribution in [0.4, 0.5) is 0 Å². The van der Waals surface area contributed by atoms with Crippen molar-refractivity contribution in [3.8, 4) is 28.0 Å². The predicted molar refractivity (Wildman–Crippen MR) is 125 cm³/mol. The van der Waals surface area contributed by atoms with Crippen molar-refractivity contribution >= 4 is 5.91 Å². The number of ether oxygens (including phenoxy) is 1. The Morgan fingerprint density at radius 3 is 2.53 bits per heavy atom. The van der Waals surface area contributed by atoms with E-state index >= 15 is 0 Å². The van der Waals surface area contributed by atoms with E-state index < -0.39 is 0 Å². The molecule has 5 heteroatoms. The summed E-state index contributed by atoms with van der Waals surface area (Å²) in [5, 5.41) is 3.04. The second-order valence-corrected chi connectivity index (χ2v) is 8.03.